The van der Waals surface area contributed by atoms with E-state index in [1.807, 2.05) is 6.92 Å². The lowest BCUT2D eigenvalue weighted by molar-refractivity contribution is -0.384. The first-order valence-electron chi connectivity index (χ1n) is 5.75. The molecular formula is C12H16BrN3O3. The number of carbonyl (C=O) groups excluding carboxylic acids is 1. The number of halogens is 1. The van der Waals surface area contributed by atoms with E-state index >= 15 is 0 Å². The fraction of sp³-hybridized carbons (Fsp3) is 0.417. The standard InChI is InChI=1S/C12H16BrN3O3/c1-4-15(8-12(17)14(2)3)10-6-5-9(13)7-11(10)16(18)19/h5-7H,4,8H2,1-3H3. The van der Waals surface area contributed by atoms with Crippen LogP contribution in [0.25, 0.3) is 0 Å². The maximum absolute atomic E-state index is 11.7. The summed E-state index contributed by atoms with van der Waals surface area (Å²) >= 11 is 3.21. The van der Waals surface area contributed by atoms with E-state index in [4.69, 9.17) is 0 Å². The van der Waals surface area contributed by atoms with Crippen LogP contribution in [0.1, 0.15) is 6.92 Å². The number of anilines is 1. The van der Waals surface area contributed by atoms with Crippen LogP contribution in [0, 0.1) is 10.1 Å². The molecule has 0 saturated carbocycles. The third-order valence-corrected chi connectivity index (χ3v) is 3.17. The molecule has 0 N–H and O–H groups in total. The Morgan fingerprint density at radius 3 is 2.53 bits per heavy atom. The molecule has 0 fully saturated rings. The van der Waals surface area contributed by atoms with Crippen molar-refractivity contribution in [1.82, 2.24) is 4.90 Å². The van der Waals surface area contributed by atoms with E-state index in [1.165, 1.54) is 11.0 Å². The number of nitrogens with zero attached hydrogens (tertiary/aromatic N) is 3. The zero-order valence-corrected chi connectivity index (χ0v) is 12.7. The number of likely N-dealkylation sites (N-methyl/N-ethyl adjacent to an activating group) is 2. The summed E-state index contributed by atoms with van der Waals surface area (Å²) in [6.07, 6.45) is 0. The molecule has 0 atom stereocenters. The average molecular weight is 330 g/mol. The third kappa shape index (κ3) is 3.92. The Bertz CT molecular complexity index is 491. The van der Waals surface area contributed by atoms with Gasteiger partial charge in [0.1, 0.15) is 5.69 Å². The molecule has 0 aliphatic rings. The summed E-state index contributed by atoms with van der Waals surface area (Å²) in [6.45, 7) is 2.49. The van der Waals surface area contributed by atoms with E-state index in [1.54, 1.807) is 31.1 Å². The molecule has 1 aromatic carbocycles. The van der Waals surface area contributed by atoms with Crippen molar-refractivity contribution in [2.75, 3.05) is 32.1 Å². The van der Waals surface area contributed by atoms with Gasteiger partial charge < -0.3 is 9.80 Å². The summed E-state index contributed by atoms with van der Waals surface area (Å²) in [5.74, 6) is -0.0981. The van der Waals surface area contributed by atoms with Crippen LogP contribution >= 0.6 is 15.9 Å². The second-order valence-corrected chi connectivity index (χ2v) is 5.11. The second kappa shape index (κ2) is 6.51. The van der Waals surface area contributed by atoms with Crippen molar-refractivity contribution < 1.29 is 9.72 Å². The zero-order valence-electron chi connectivity index (χ0n) is 11.1. The molecule has 7 heteroatoms. The fourth-order valence-electron chi connectivity index (χ4n) is 1.58. The molecule has 0 bridgehead atoms. The normalized spacial score (nSPS) is 10.1. The largest absolute Gasteiger partial charge is 0.357 e. The quantitative estimate of drug-likeness (QED) is 0.614. The van der Waals surface area contributed by atoms with Crippen LogP contribution in [0.15, 0.2) is 22.7 Å². The summed E-state index contributed by atoms with van der Waals surface area (Å²) < 4.78 is 0.637. The minimum Gasteiger partial charge on any atom is -0.357 e. The van der Waals surface area contributed by atoms with Gasteiger partial charge in [-0.15, -0.1) is 0 Å². The van der Waals surface area contributed by atoms with Gasteiger partial charge in [-0.1, -0.05) is 15.9 Å². The van der Waals surface area contributed by atoms with Gasteiger partial charge in [-0.05, 0) is 19.1 Å². The van der Waals surface area contributed by atoms with Crippen molar-refractivity contribution in [3.05, 3.63) is 32.8 Å². The lowest BCUT2D eigenvalue weighted by atomic mass is 10.2. The predicted molar refractivity (Wildman–Crippen MR) is 77.4 cm³/mol. The SMILES string of the molecule is CCN(CC(=O)N(C)C)c1ccc(Br)cc1[N+](=O)[O-]. The van der Waals surface area contributed by atoms with Gasteiger partial charge in [0.15, 0.2) is 0 Å². The van der Waals surface area contributed by atoms with Gasteiger partial charge >= 0.3 is 0 Å². The van der Waals surface area contributed by atoms with Crippen molar-refractivity contribution >= 4 is 33.2 Å². The smallest absolute Gasteiger partial charge is 0.293 e. The number of carbonyl (C=O) groups is 1. The molecule has 1 rings (SSSR count). The van der Waals surface area contributed by atoms with Gasteiger partial charge in [-0.2, -0.15) is 0 Å². The van der Waals surface area contributed by atoms with E-state index in [9.17, 15) is 14.9 Å². The topological polar surface area (TPSA) is 66.7 Å². The number of nitro groups is 1. The highest BCUT2D eigenvalue weighted by atomic mass is 79.9. The molecule has 1 aromatic rings. The predicted octanol–water partition coefficient (Wildman–Crippen LogP) is 2.27. The van der Waals surface area contributed by atoms with Gasteiger partial charge in [0.05, 0.1) is 11.5 Å². The molecule has 0 unspecified atom stereocenters. The van der Waals surface area contributed by atoms with Gasteiger partial charge in [-0.25, -0.2) is 0 Å². The van der Waals surface area contributed by atoms with Gasteiger partial charge in [-0.3, -0.25) is 14.9 Å². The molecule has 1 amide bonds. The number of benzene rings is 1. The molecule has 0 saturated heterocycles. The van der Waals surface area contributed by atoms with Crippen LogP contribution in [-0.4, -0.2) is 42.9 Å². The molecule has 6 nitrogen and oxygen atoms in total. The molecule has 0 aliphatic carbocycles. The van der Waals surface area contributed by atoms with E-state index in [0.717, 1.165) is 0 Å². The first-order chi connectivity index (χ1) is 8.86. The Kier molecular flexibility index (Phi) is 5.29. The van der Waals surface area contributed by atoms with Gasteiger partial charge in [0.25, 0.3) is 5.69 Å². The van der Waals surface area contributed by atoms with E-state index in [0.29, 0.717) is 16.7 Å². The molecule has 0 aliphatic heterocycles. The summed E-state index contributed by atoms with van der Waals surface area (Å²) in [4.78, 5) is 25.5. The first-order valence-corrected chi connectivity index (χ1v) is 6.55. The number of amides is 1. The van der Waals surface area contributed by atoms with Gasteiger partial charge in [0.2, 0.25) is 5.91 Å². The number of hydrogen-bond donors (Lipinski definition) is 0. The highest BCUT2D eigenvalue weighted by Gasteiger charge is 2.21. The van der Waals surface area contributed by atoms with Crippen LogP contribution in [0.3, 0.4) is 0 Å². The Morgan fingerprint density at radius 2 is 2.05 bits per heavy atom. The van der Waals surface area contributed by atoms with Gasteiger partial charge in [0, 0.05) is 31.2 Å². The third-order valence-electron chi connectivity index (χ3n) is 2.68. The van der Waals surface area contributed by atoms with Crippen molar-refractivity contribution in [2.24, 2.45) is 0 Å². The highest BCUT2D eigenvalue weighted by Crippen LogP contribution is 2.31. The fourth-order valence-corrected chi connectivity index (χ4v) is 1.93. The molecule has 0 heterocycles. The number of nitro benzene ring substituents is 1. The van der Waals surface area contributed by atoms with Crippen LogP contribution in [-0.2, 0) is 4.79 Å². The summed E-state index contributed by atoms with van der Waals surface area (Å²) in [5.41, 5.74) is 0.439. The molecule has 0 radical (unpaired) electrons. The summed E-state index contributed by atoms with van der Waals surface area (Å²) in [6, 6.07) is 4.82. The number of rotatable bonds is 5. The van der Waals surface area contributed by atoms with Crippen molar-refractivity contribution in [2.45, 2.75) is 6.92 Å². The minimum atomic E-state index is -0.442. The molecular weight excluding hydrogens is 314 g/mol. The summed E-state index contributed by atoms with van der Waals surface area (Å²) in [5, 5.41) is 11.1. The lowest BCUT2D eigenvalue weighted by Gasteiger charge is -2.24. The molecule has 0 spiro atoms. The summed E-state index contributed by atoms with van der Waals surface area (Å²) in [7, 11) is 3.32. The van der Waals surface area contributed by atoms with Crippen molar-refractivity contribution in [3.8, 4) is 0 Å². The van der Waals surface area contributed by atoms with Crippen LogP contribution in [0.2, 0.25) is 0 Å². The second-order valence-electron chi connectivity index (χ2n) is 4.19. The number of hydrogen-bond acceptors (Lipinski definition) is 4. The molecule has 0 aromatic heterocycles. The van der Waals surface area contributed by atoms with E-state index in [-0.39, 0.29) is 18.1 Å². The zero-order chi connectivity index (χ0) is 14.6. The monoisotopic (exact) mass is 329 g/mol. The van der Waals surface area contributed by atoms with E-state index < -0.39 is 4.92 Å². The van der Waals surface area contributed by atoms with E-state index in [2.05, 4.69) is 15.9 Å². The Hall–Kier alpha value is -1.63. The maximum Gasteiger partial charge on any atom is 0.293 e. The van der Waals surface area contributed by atoms with Crippen LogP contribution in [0.5, 0.6) is 0 Å². The average Bonchev–Trinajstić information content (AvgIpc) is 2.35. The molecule has 104 valence electrons. The first kappa shape index (κ1) is 15.4. The van der Waals surface area contributed by atoms with Crippen molar-refractivity contribution in [1.29, 1.82) is 0 Å². The minimum absolute atomic E-state index is 0.0113. The Morgan fingerprint density at radius 1 is 1.42 bits per heavy atom. The Labute approximate surface area is 120 Å². The van der Waals surface area contributed by atoms with Crippen molar-refractivity contribution in [3.63, 3.8) is 0 Å². The van der Waals surface area contributed by atoms with Crippen LogP contribution < -0.4 is 4.90 Å². The molecule has 19 heavy (non-hydrogen) atoms. The lowest BCUT2D eigenvalue weighted by Crippen LogP contribution is -2.36. The van der Waals surface area contributed by atoms with Crippen LogP contribution in [0.4, 0.5) is 11.4 Å². The Balaban J connectivity index is 3.11. The maximum atomic E-state index is 11.7. The highest BCUT2D eigenvalue weighted by molar-refractivity contribution is 9.10.